The number of hydrogen-bond donors (Lipinski definition) is 2. The quantitative estimate of drug-likeness (QED) is 0.211. The molecule has 0 aromatic heterocycles. The van der Waals surface area contributed by atoms with Crippen molar-refractivity contribution in [1.82, 2.24) is 25.1 Å². The topological polar surface area (TPSA) is 123 Å². The van der Waals surface area contributed by atoms with Crippen molar-refractivity contribution in [3.63, 3.8) is 0 Å². The van der Waals surface area contributed by atoms with Gasteiger partial charge in [0.15, 0.2) is 0 Å². The normalized spacial score (nSPS) is 19.7. The average molecular weight is 690 g/mol. The molecule has 0 saturated carbocycles. The van der Waals surface area contributed by atoms with Gasteiger partial charge in [0, 0.05) is 19.5 Å². The number of amides is 4. The maximum atomic E-state index is 13.8. The van der Waals surface area contributed by atoms with Gasteiger partial charge in [0.1, 0.15) is 18.0 Å². The van der Waals surface area contributed by atoms with Crippen LogP contribution in [0.2, 0.25) is 0 Å². The summed E-state index contributed by atoms with van der Waals surface area (Å²) in [6, 6.07) is 13.8. The van der Waals surface area contributed by atoms with Crippen LogP contribution >= 0.6 is 22.6 Å². The molecule has 42 heavy (non-hydrogen) atoms. The van der Waals surface area contributed by atoms with Crippen LogP contribution < -0.4 is 10.1 Å². The number of halogens is 1. The minimum atomic E-state index is -1.06. The number of carbonyl (C=O) groups is 4. The number of carboxylic acid groups (broad SMARTS) is 1. The number of methoxy groups -OCH3 is 1. The molecule has 2 N–H and O–H groups in total. The number of piperazine rings is 1. The van der Waals surface area contributed by atoms with E-state index >= 15 is 0 Å². The number of alkyl halides is 1. The van der Waals surface area contributed by atoms with Crippen LogP contribution in [0.5, 0.6) is 5.75 Å². The molecule has 11 nitrogen and oxygen atoms in total. The highest BCUT2D eigenvalue weighted by atomic mass is 127. The number of nitrogens with zero attached hydrogens (tertiary/aromatic N) is 4. The van der Waals surface area contributed by atoms with Gasteiger partial charge in [-0.1, -0.05) is 71.6 Å². The van der Waals surface area contributed by atoms with Crippen LogP contribution in [-0.2, 0) is 27.3 Å². The number of ether oxygens (including phenoxy) is 1. The molecule has 12 heteroatoms. The van der Waals surface area contributed by atoms with Crippen LogP contribution in [0.3, 0.4) is 0 Å². The molecule has 224 valence electrons. The maximum absolute atomic E-state index is 13.8. The molecule has 2 aliphatic rings. The van der Waals surface area contributed by atoms with E-state index in [1.807, 2.05) is 55.5 Å². The summed E-state index contributed by atoms with van der Waals surface area (Å²) in [5.41, 5.74) is 2.86. The molecule has 2 heterocycles. The molecule has 4 amide bonds. The molecule has 0 spiro atoms. The number of benzene rings is 2. The third kappa shape index (κ3) is 7.21. The van der Waals surface area contributed by atoms with E-state index in [0.717, 1.165) is 22.4 Å². The summed E-state index contributed by atoms with van der Waals surface area (Å²) in [7, 11) is 1.59. The van der Waals surface area contributed by atoms with Gasteiger partial charge in [-0.05, 0) is 48.6 Å². The Balaban J connectivity index is 1.60. The molecule has 2 fully saturated rings. The number of fused-ring (bicyclic) bond motifs is 1. The van der Waals surface area contributed by atoms with Gasteiger partial charge in [0.2, 0.25) is 11.8 Å². The second-order valence-corrected chi connectivity index (χ2v) is 12.0. The van der Waals surface area contributed by atoms with E-state index in [9.17, 15) is 24.3 Å². The number of aliphatic carboxylic acids is 1. The predicted molar refractivity (Wildman–Crippen MR) is 165 cm³/mol. The van der Waals surface area contributed by atoms with Crippen LogP contribution in [0.15, 0.2) is 55.1 Å². The van der Waals surface area contributed by atoms with Crippen molar-refractivity contribution in [1.29, 1.82) is 0 Å². The van der Waals surface area contributed by atoms with Gasteiger partial charge >= 0.3 is 12.0 Å². The Bertz CT molecular complexity index is 1300. The third-order valence-electron chi connectivity index (χ3n) is 7.52. The average Bonchev–Trinajstić information content (AvgIpc) is 2.98. The smallest absolute Gasteiger partial charge is 0.334 e. The second kappa shape index (κ2) is 14.0. The largest absolute Gasteiger partial charge is 0.497 e. The molecule has 2 aromatic rings. The number of carbonyl (C=O) groups excluding carboxylic acids is 3. The first-order valence-corrected chi connectivity index (χ1v) is 15.0. The number of hydrazine groups is 1. The van der Waals surface area contributed by atoms with Crippen molar-refractivity contribution >= 4 is 52.5 Å². The fourth-order valence-electron chi connectivity index (χ4n) is 5.28. The standard InChI is InChI=1S/C30H36IN5O6/c1-4-21-5-7-23(8-6-21)17-32-30(41)36-26-18-33(16-15-22-9-11-24(42-3)12-10-22)29(40)25(13-14-28(38)39)35(26)27(37)19-34(36)20(2)31/h4-12,20,25-26H,1,13-19H2,2-3H3,(H,32,41)(H,38,39)/t20?,25-,26-/m0/s1. The fourth-order valence-corrected chi connectivity index (χ4v) is 5.74. The van der Waals surface area contributed by atoms with Gasteiger partial charge in [0.05, 0.1) is 24.2 Å². The molecule has 0 bridgehead atoms. The van der Waals surface area contributed by atoms with Crippen LogP contribution in [0.25, 0.3) is 6.08 Å². The molecule has 0 aliphatic carbocycles. The summed E-state index contributed by atoms with van der Waals surface area (Å²) in [6.07, 6.45) is 1.17. The number of rotatable bonds is 11. The number of urea groups is 1. The Labute approximate surface area is 259 Å². The lowest BCUT2D eigenvalue weighted by molar-refractivity contribution is -0.191. The number of nitrogens with one attached hydrogen (secondary N) is 1. The van der Waals surface area contributed by atoms with Gasteiger partial charge in [-0.25, -0.2) is 9.80 Å². The van der Waals surface area contributed by atoms with E-state index in [0.29, 0.717) is 13.0 Å². The lowest BCUT2D eigenvalue weighted by atomic mass is 10.0. The Kier molecular flexibility index (Phi) is 10.4. The first kappa shape index (κ1) is 31.3. The van der Waals surface area contributed by atoms with E-state index in [1.54, 1.807) is 23.1 Å². The minimum absolute atomic E-state index is 0.0413. The summed E-state index contributed by atoms with van der Waals surface area (Å²) >= 11 is 2.16. The van der Waals surface area contributed by atoms with Gasteiger partial charge in [-0.15, -0.1) is 0 Å². The van der Waals surface area contributed by atoms with E-state index in [2.05, 4.69) is 34.5 Å². The highest BCUT2D eigenvalue weighted by Crippen LogP contribution is 2.30. The van der Waals surface area contributed by atoms with Crippen LogP contribution in [0.4, 0.5) is 4.79 Å². The third-order valence-corrected chi connectivity index (χ3v) is 8.16. The maximum Gasteiger partial charge on any atom is 0.334 e. The number of hydrogen-bond acceptors (Lipinski definition) is 6. The van der Waals surface area contributed by atoms with Crippen LogP contribution in [0.1, 0.15) is 36.5 Å². The van der Waals surface area contributed by atoms with Gasteiger partial charge < -0.3 is 25.0 Å². The zero-order valence-corrected chi connectivity index (χ0v) is 25.9. The van der Waals surface area contributed by atoms with E-state index in [4.69, 9.17) is 4.74 Å². The second-order valence-electron chi connectivity index (χ2n) is 10.2. The first-order chi connectivity index (χ1) is 20.1. The lowest BCUT2D eigenvalue weighted by Crippen LogP contribution is -2.77. The first-order valence-electron chi connectivity index (χ1n) is 13.8. The lowest BCUT2D eigenvalue weighted by Gasteiger charge is -2.55. The van der Waals surface area contributed by atoms with Gasteiger partial charge in [0.25, 0.3) is 0 Å². The van der Waals surface area contributed by atoms with Gasteiger partial charge in [-0.2, -0.15) is 5.01 Å². The molecular weight excluding hydrogens is 653 g/mol. The highest BCUT2D eigenvalue weighted by molar-refractivity contribution is 14.1. The summed E-state index contributed by atoms with van der Waals surface area (Å²) in [5, 5.41) is 15.6. The van der Waals surface area contributed by atoms with Crippen LogP contribution in [0, 0.1) is 0 Å². The minimum Gasteiger partial charge on any atom is -0.497 e. The summed E-state index contributed by atoms with van der Waals surface area (Å²) in [5.74, 6) is -0.956. The number of carboxylic acids is 1. The Morgan fingerprint density at radius 3 is 2.40 bits per heavy atom. The van der Waals surface area contributed by atoms with E-state index in [-0.39, 0.29) is 48.3 Å². The zero-order valence-electron chi connectivity index (χ0n) is 23.7. The fraction of sp³-hybridized carbons (Fsp3) is 0.400. The SMILES string of the molecule is C=Cc1ccc(CNC(=O)N2[C@H]3CN(CCc4ccc(OC)cc4)C(=O)[C@H](CCC(=O)O)N3C(=O)CN2C(C)I)cc1. The van der Waals surface area contributed by atoms with Crippen molar-refractivity contribution in [3.05, 3.63) is 71.8 Å². The molecule has 0 radical (unpaired) electrons. The van der Waals surface area contributed by atoms with Crippen molar-refractivity contribution in [3.8, 4) is 5.75 Å². The predicted octanol–water partition coefficient (Wildman–Crippen LogP) is 3.33. The monoisotopic (exact) mass is 689 g/mol. The van der Waals surface area contributed by atoms with Crippen molar-refractivity contribution < 1.29 is 29.0 Å². The molecule has 3 atom stereocenters. The molecule has 2 saturated heterocycles. The molecular formula is C30H36IN5O6. The molecule has 2 aliphatic heterocycles. The molecule has 4 rings (SSSR count). The Morgan fingerprint density at radius 2 is 1.81 bits per heavy atom. The van der Waals surface area contributed by atoms with Crippen molar-refractivity contribution in [2.24, 2.45) is 0 Å². The van der Waals surface area contributed by atoms with Crippen molar-refractivity contribution in [2.75, 3.05) is 26.7 Å². The Morgan fingerprint density at radius 1 is 1.14 bits per heavy atom. The molecule has 2 aromatic carbocycles. The summed E-state index contributed by atoms with van der Waals surface area (Å²) < 4.78 is 5.02. The molecule has 1 unspecified atom stereocenters. The summed E-state index contributed by atoms with van der Waals surface area (Å²) in [4.78, 5) is 55.5. The van der Waals surface area contributed by atoms with Crippen LogP contribution in [-0.4, -0.2) is 91.7 Å². The summed E-state index contributed by atoms with van der Waals surface area (Å²) in [6.45, 7) is 6.25. The van der Waals surface area contributed by atoms with E-state index < -0.39 is 24.2 Å². The van der Waals surface area contributed by atoms with E-state index in [1.165, 1.54) is 9.91 Å². The zero-order chi connectivity index (χ0) is 30.4. The van der Waals surface area contributed by atoms with Crippen molar-refractivity contribution in [2.45, 2.75) is 49.0 Å². The Hall–Kier alpha value is -3.65. The highest BCUT2D eigenvalue weighted by Gasteiger charge is 2.51. The van der Waals surface area contributed by atoms with Gasteiger partial charge in [-0.3, -0.25) is 14.4 Å².